The van der Waals surface area contributed by atoms with Crippen molar-refractivity contribution in [1.29, 1.82) is 0 Å². The van der Waals surface area contributed by atoms with Crippen LogP contribution in [0.25, 0.3) is 10.8 Å². The Hall–Kier alpha value is -3.27. The summed E-state index contributed by atoms with van der Waals surface area (Å²) in [5, 5.41) is 4.45. The van der Waals surface area contributed by atoms with Gasteiger partial charge in [0.1, 0.15) is 12.4 Å². The molecule has 4 rings (SSSR count). The molecule has 1 saturated carbocycles. The largest absolute Gasteiger partial charge is 0.496 e. The number of nitrogens with two attached hydrogens (primary N) is 1. The van der Waals surface area contributed by atoms with E-state index in [0.717, 1.165) is 36.1 Å². The third-order valence-corrected chi connectivity index (χ3v) is 7.85. The molecule has 1 aliphatic heterocycles. The van der Waals surface area contributed by atoms with Gasteiger partial charge in [-0.05, 0) is 55.6 Å². The fraction of sp³-hybridized carbons (Fsp3) is 0.552. The lowest BCUT2D eigenvalue weighted by atomic mass is 9.77. The van der Waals surface area contributed by atoms with Gasteiger partial charge in [0, 0.05) is 29.3 Å². The first-order chi connectivity index (χ1) is 17.3. The fourth-order valence-electron chi connectivity index (χ4n) is 5.47. The molecule has 3 N–H and O–H groups in total. The lowest BCUT2D eigenvalue weighted by molar-refractivity contribution is -0.119. The standard InChI is InChI=1S/C29H37N3O4/c1-5-19-12-27(33)32-25(19)16-36-29-23-14-26(35-4)24(28(30)34)13-22(23)21(15-31-29)11-8-18-6-9-20(10-7-18)17(2)3/h13-15,17-20,25H,5-7,9-10,12,16H2,1-4H3,(H2,30,34)(H,32,33)/t18?,19-,20?,25-/m1/s1. The van der Waals surface area contributed by atoms with Gasteiger partial charge in [0.2, 0.25) is 11.8 Å². The van der Waals surface area contributed by atoms with E-state index in [0.29, 0.717) is 41.9 Å². The van der Waals surface area contributed by atoms with Gasteiger partial charge in [-0.1, -0.05) is 39.0 Å². The number of carbonyl (C=O) groups is 2. The number of pyridine rings is 1. The number of methoxy groups -OCH3 is 1. The van der Waals surface area contributed by atoms with E-state index >= 15 is 0 Å². The fourth-order valence-corrected chi connectivity index (χ4v) is 5.47. The summed E-state index contributed by atoms with van der Waals surface area (Å²) in [6, 6.07) is 3.39. The van der Waals surface area contributed by atoms with E-state index in [1.807, 2.05) is 0 Å². The number of primary amides is 1. The molecule has 0 unspecified atom stereocenters. The molecule has 0 radical (unpaired) electrons. The number of fused-ring (bicyclic) bond motifs is 1. The topological polar surface area (TPSA) is 104 Å². The lowest BCUT2D eigenvalue weighted by Crippen LogP contribution is -2.34. The highest BCUT2D eigenvalue weighted by Gasteiger charge is 2.31. The zero-order chi connectivity index (χ0) is 25.8. The van der Waals surface area contributed by atoms with Crippen molar-refractivity contribution in [2.75, 3.05) is 13.7 Å². The molecular formula is C29H37N3O4. The zero-order valence-electron chi connectivity index (χ0n) is 21.7. The van der Waals surface area contributed by atoms with Crippen LogP contribution in [0.2, 0.25) is 0 Å². The van der Waals surface area contributed by atoms with Crippen molar-refractivity contribution in [2.24, 2.45) is 29.4 Å². The van der Waals surface area contributed by atoms with Crippen LogP contribution in [0.5, 0.6) is 11.6 Å². The monoisotopic (exact) mass is 491 g/mol. The van der Waals surface area contributed by atoms with Crippen LogP contribution in [0.4, 0.5) is 0 Å². The van der Waals surface area contributed by atoms with Crippen molar-refractivity contribution >= 4 is 22.6 Å². The molecule has 1 aromatic heterocycles. The van der Waals surface area contributed by atoms with Gasteiger partial charge in [-0.15, -0.1) is 0 Å². The molecule has 192 valence electrons. The molecule has 0 spiro atoms. The summed E-state index contributed by atoms with van der Waals surface area (Å²) in [5.74, 6) is 9.13. The first-order valence-electron chi connectivity index (χ1n) is 13.0. The number of carbonyl (C=O) groups excluding carboxylic acids is 2. The molecule has 2 amide bonds. The summed E-state index contributed by atoms with van der Waals surface area (Å²) < 4.78 is 11.6. The highest BCUT2D eigenvalue weighted by atomic mass is 16.5. The molecule has 1 saturated heterocycles. The number of ether oxygens (including phenoxy) is 2. The molecule has 7 heteroatoms. The molecule has 1 aliphatic carbocycles. The number of hydrogen-bond acceptors (Lipinski definition) is 5. The van der Waals surface area contributed by atoms with E-state index in [2.05, 4.69) is 42.9 Å². The average molecular weight is 492 g/mol. The van der Waals surface area contributed by atoms with E-state index in [1.54, 1.807) is 18.3 Å². The maximum Gasteiger partial charge on any atom is 0.252 e. The van der Waals surface area contributed by atoms with Gasteiger partial charge >= 0.3 is 0 Å². The summed E-state index contributed by atoms with van der Waals surface area (Å²) in [6.45, 7) is 6.98. The van der Waals surface area contributed by atoms with Crippen molar-refractivity contribution in [3.8, 4) is 23.5 Å². The Morgan fingerprint density at radius 1 is 1.22 bits per heavy atom. The van der Waals surface area contributed by atoms with Gasteiger partial charge in [0.25, 0.3) is 5.91 Å². The molecule has 2 aromatic rings. The highest BCUT2D eigenvalue weighted by molar-refractivity contribution is 6.03. The van der Waals surface area contributed by atoms with E-state index in [9.17, 15) is 9.59 Å². The second-order valence-corrected chi connectivity index (χ2v) is 10.4. The highest BCUT2D eigenvalue weighted by Crippen LogP contribution is 2.35. The van der Waals surface area contributed by atoms with Gasteiger partial charge < -0.3 is 20.5 Å². The van der Waals surface area contributed by atoms with Crippen molar-refractivity contribution in [1.82, 2.24) is 10.3 Å². The van der Waals surface area contributed by atoms with Crippen LogP contribution in [0.3, 0.4) is 0 Å². The van der Waals surface area contributed by atoms with Crippen LogP contribution in [0.1, 0.15) is 75.2 Å². The number of nitrogens with zero attached hydrogens (tertiary/aromatic N) is 1. The van der Waals surface area contributed by atoms with Crippen LogP contribution in [-0.2, 0) is 4.79 Å². The van der Waals surface area contributed by atoms with Gasteiger partial charge in [-0.25, -0.2) is 4.98 Å². The van der Waals surface area contributed by atoms with Crippen molar-refractivity contribution in [2.45, 2.75) is 65.3 Å². The summed E-state index contributed by atoms with van der Waals surface area (Å²) in [7, 11) is 1.50. The molecule has 7 nitrogen and oxygen atoms in total. The van der Waals surface area contributed by atoms with Crippen molar-refractivity contribution in [3.63, 3.8) is 0 Å². The van der Waals surface area contributed by atoms with E-state index in [1.165, 1.54) is 20.0 Å². The molecule has 2 fully saturated rings. The first kappa shape index (κ1) is 25.8. The molecule has 2 heterocycles. The maximum absolute atomic E-state index is 12.1. The smallest absolute Gasteiger partial charge is 0.252 e. The number of nitrogens with one attached hydrogen (secondary N) is 1. The quantitative estimate of drug-likeness (QED) is 0.557. The minimum atomic E-state index is -0.571. The SMILES string of the molecule is CC[C@@H]1CC(=O)N[C@@H]1COc1ncc(C#CC2CCC(C(C)C)CC2)c2cc(C(N)=O)c(OC)cc12. The zero-order valence-corrected chi connectivity index (χ0v) is 21.7. The average Bonchev–Trinajstić information content (AvgIpc) is 3.25. The van der Waals surface area contributed by atoms with Crippen LogP contribution in [0.15, 0.2) is 18.3 Å². The lowest BCUT2D eigenvalue weighted by Gasteiger charge is -2.28. The van der Waals surface area contributed by atoms with E-state index in [4.69, 9.17) is 15.2 Å². The van der Waals surface area contributed by atoms with E-state index < -0.39 is 5.91 Å². The van der Waals surface area contributed by atoms with Crippen LogP contribution in [-0.4, -0.2) is 36.6 Å². The minimum Gasteiger partial charge on any atom is -0.496 e. The Balaban J connectivity index is 1.65. The Morgan fingerprint density at radius 2 is 1.97 bits per heavy atom. The Bertz CT molecular complexity index is 1190. The van der Waals surface area contributed by atoms with E-state index in [-0.39, 0.29) is 23.4 Å². The number of benzene rings is 1. The van der Waals surface area contributed by atoms with Gasteiger partial charge in [0.05, 0.1) is 24.3 Å². The van der Waals surface area contributed by atoms with Crippen molar-refractivity contribution in [3.05, 3.63) is 29.5 Å². The predicted octanol–water partition coefficient (Wildman–Crippen LogP) is 4.45. The Kier molecular flexibility index (Phi) is 8.03. The Labute approximate surface area is 213 Å². The number of amides is 2. The van der Waals surface area contributed by atoms with Gasteiger partial charge in [-0.3, -0.25) is 9.59 Å². The second kappa shape index (κ2) is 11.2. The Morgan fingerprint density at radius 3 is 2.61 bits per heavy atom. The van der Waals surface area contributed by atoms with Gasteiger partial charge in [-0.2, -0.15) is 0 Å². The molecule has 36 heavy (non-hydrogen) atoms. The molecule has 0 bridgehead atoms. The van der Waals surface area contributed by atoms with Crippen LogP contribution in [0, 0.1) is 35.5 Å². The summed E-state index contributed by atoms with van der Waals surface area (Å²) >= 11 is 0. The minimum absolute atomic E-state index is 0.0501. The first-order valence-corrected chi connectivity index (χ1v) is 13.0. The molecule has 2 aliphatic rings. The van der Waals surface area contributed by atoms with Crippen molar-refractivity contribution < 1.29 is 19.1 Å². The third kappa shape index (κ3) is 5.59. The maximum atomic E-state index is 12.1. The third-order valence-electron chi connectivity index (χ3n) is 7.85. The number of rotatable bonds is 7. The number of hydrogen-bond donors (Lipinski definition) is 2. The summed E-state index contributed by atoms with van der Waals surface area (Å²) in [4.78, 5) is 28.6. The van der Waals surface area contributed by atoms with Gasteiger partial charge in [0.15, 0.2) is 0 Å². The van der Waals surface area contributed by atoms with Crippen LogP contribution < -0.4 is 20.5 Å². The summed E-state index contributed by atoms with van der Waals surface area (Å²) in [6.07, 6.45) is 7.74. The van der Waals surface area contributed by atoms with Crippen LogP contribution >= 0.6 is 0 Å². The number of aromatic nitrogens is 1. The molecular weight excluding hydrogens is 454 g/mol. The molecule has 1 aromatic carbocycles. The second-order valence-electron chi connectivity index (χ2n) is 10.4. The normalized spacial score (nSPS) is 23.8. The predicted molar refractivity (Wildman–Crippen MR) is 140 cm³/mol. The summed E-state index contributed by atoms with van der Waals surface area (Å²) in [5.41, 5.74) is 6.66. The molecule has 2 atom stereocenters.